The minimum Gasteiger partial charge on any atom is -0.494 e. The maximum atomic E-state index is 14.0. The predicted octanol–water partition coefficient (Wildman–Crippen LogP) is 12.6. The third kappa shape index (κ3) is 16.2. The topological polar surface area (TPSA) is 152 Å². The number of nitrogens with zero attached hydrogens (tertiary/aromatic N) is 3. The Kier molecular flexibility index (Phi) is 21.0. The second-order valence-corrected chi connectivity index (χ2v) is 17.3. The quantitative estimate of drug-likeness (QED) is 0.0105. The van der Waals surface area contributed by atoms with E-state index in [4.69, 9.17) is 38.5 Å². The first-order valence-electron chi connectivity index (χ1n) is 24.0. The van der Waals surface area contributed by atoms with Crippen LogP contribution in [0.3, 0.4) is 0 Å². The zero-order chi connectivity index (χ0) is 49.3. The molecule has 0 unspecified atom stereocenters. The molecule has 0 saturated carbocycles. The van der Waals surface area contributed by atoms with Crippen molar-refractivity contribution in [2.45, 2.75) is 84.0 Å². The zero-order valence-electron chi connectivity index (χ0n) is 39.8. The van der Waals surface area contributed by atoms with E-state index in [1.165, 1.54) is 0 Å². The third-order valence-electron chi connectivity index (χ3n) is 11.1. The molecule has 1 aromatic heterocycles. The molecule has 13 nitrogen and oxygen atoms in total. The number of thiazole rings is 1. The van der Waals surface area contributed by atoms with Crippen LogP contribution in [0.4, 0.5) is 5.13 Å². The first-order valence-corrected chi connectivity index (χ1v) is 24.8. The molecule has 0 aliphatic rings. The lowest BCUT2D eigenvalue weighted by molar-refractivity contribution is -0.138. The third-order valence-corrected chi connectivity index (χ3v) is 12.1. The Morgan fingerprint density at radius 2 is 1.14 bits per heavy atom. The van der Waals surface area contributed by atoms with E-state index in [9.17, 15) is 19.2 Å². The van der Waals surface area contributed by atoms with Crippen molar-refractivity contribution in [2.24, 2.45) is 5.10 Å². The molecule has 1 heterocycles. The molecule has 5 aromatic carbocycles. The highest BCUT2D eigenvalue weighted by Gasteiger charge is 2.21. The summed E-state index contributed by atoms with van der Waals surface area (Å²) in [6.07, 6.45) is 14.8. The normalized spacial score (nSPS) is 11.0. The largest absolute Gasteiger partial charge is 0.494 e. The van der Waals surface area contributed by atoms with Gasteiger partial charge in [-0.3, -0.25) is 0 Å². The van der Waals surface area contributed by atoms with E-state index in [1.54, 1.807) is 72.1 Å². The Morgan fingerprint density at radius 3 is 1.71 bits per heavy atom. The van der Waals surface area contributed by atoms with Crippen LogP contribution in [0.1, 0.15) is 110 Å². The van der Waals surface area contributed by atoms with Crippen LogP contribution >= 0.6 is 11.3 Å². The summed E-state index contributed by atoms with van der Waals surface area (Å²) >= 11 is 1.55. The number of carbonyl (C=O) groups is 4. The molecule has 6 aromatic rings. The van der Waals surface area contributed by atoms with Gasteiger partial charge in [-0.2, -0.15) is 5.10 Å². The summed E-state index contributed by atoms with van der Waals surface area (Å²) in [6, 6.07) is 30.5. The molecule has 366 valence electrons. The molecule has 0 fully saturated rings. The van der Waals surface area contributed by atoms with Gasteiger partial charge in [-0.1, -0.05) is 87.1 Å². The number of hydrogen-bond donors (Lipinski definition) is 0. The van der Waals surface area contributed by atoms with Gasteiger partial charge in [0.2, 0.25) is 5.13 Å². The van der Waals surface area contributed by atoms with Crippen molar-refractivity contribution in [1.82, 2.24) is 4.98 Å². The van der Waals surface area contributed by atoms with Crippen molar-refractivity contribution < 1.29 is 47.6 Å². The summed E-state index contributed by atoms with van der Waals surface area (Å²) in [4.78, 5) is 55.1. The van der Waals surface area contributed by atoms with Crippen LogP contribution in [0.15, 0.2) is 134 Å². The number of hydrazone groups is 1. The maximum Gasteiger partial charge on any atom is 0.343 e. The lowest BCUT2D eigenvalue weighted by Gasteiger charge is -2.18. The van der Waals surface area contributed by atoms with E-state index in [2.05, 4.69) is 20.1 Å². The highest BCUT2D eigenvalue weighted by Crippen LogP contribution is 2.38. The number of carbonyl (C=O) groups excluding carboxylic acids is 4. The van der Waals surface area contributed by atoms with Crippen LogP contribution in [-0.4, -0.2) is 68.0 Å². The first-order chi connectivity index (χ1) is 34.3. The van der Waals surface area contributed by atoms with Crippen molar-refractivity contribution in [3.05, 3.63) is 145 Å². The smallest absolute Gasteiger partial charge is 0.343 e. The summed E-state index contributed by atoms with van der Waals surface area (Å²) in [5, 5.41) is 8.67. The highest BCUT2D eigenvalue weighted by molar-refractivity contribution is 7.22. The van der Waals surface area contributed by atoms with E-state index in [1.807, 2.05) is 53.5 Å². The van der Waals surface area contributed by atoms with Gasteiger partial charge in [0.1, 0.15) is 23.0 Å². The van der Waals surface area contributed by atoms with Gasteiger partial charge in [-0.05, 0) is 125 Å². The van der Waals surface area contributed by atoms with E-state index >= 15 is 0 Å². The monoisotopic (exact) mass is 967 g/mol. The van der Waals surface area contributed by atoms with E-state index in [0.717, 1.165) is 105 Å². The zero-order valence-corrected chi connectivity index (χ0v) is 40.6. The Bertz CT molecular complexity index is 2660. The average Bonchev–Trinajstić information content (AvgIpc) is 3.83. The van der Waals surface area contributed by atoms with Gasteiger partial charge < -0.3 is 28.4 Å². The Morgan fingerprint density at radius 1 is 0.614 bits per heavy atom. The number of para-hydroxylation sites is 1. The van der Waals surface area contributed by atoms with Crippen LogP contribution in [0.25, 0.3) is 21.0 Å². The van der Waals surface area contributed by atoms with E-state index < -0.39 is 23.9 Å². The second-order valence-electron chi connectivity index (χ2n) is 16.3. The van der Waals surface area contributed by atoms with Gasteiger partial charge in [-0.25, -0.2) is 29.2 Å². The average molecular weight is 968 g/mol. The van der Waals surface area contributed by atoms with Crippen LogP contribution in [0, 0.1) is 0 Å². The van der Waals surface area contributed by atoms with Crippen molar-refractivity contribution in [3.63, 3.8) is 0 Å². The van der Waals surface area contributed by atoms with Crippen molar-refractivity contribution in [1.29, 1.82) is 0 Å². The molecule has 0 atom stereocenters. The number of esters is 4. The standard InChI is InChI=1S/C56H61N3O10S/c1-4-7-8-17-34-59(56-58-48-24-15-16-25-50(48)70-56)57-40-43-39-49(68-54(62)41-26-30-44(31-27-41)64-35-18-9-11-20-37-66-51(60)5-2)46-22-13-14-23-47(46)53(43)69-55(63)42-28-32-45(33-29-42)65-36-19-10-12-21-38-67-52(61)6-3/h5-6,13-16,22-33,39-40H,2-4,7-12,17-21,34-38H2,1H3. The van der Waals surface area contributed by atoms with Crippen LogP contribution in [-0.2, 0) is 19.1 Å². The number of fused-ring (bicyclic) bond motifs is 2. The van der Waals surface area contributed by atoms with Gasteiger partial charge >= 0.3 is 23.9 Å². The van der Waals surface area contributed by atoms with Crippen molar-refractivity contribution in [2.75, 3.05) is 38.0 Å². The maximum absolute atomic E-state index is 14.0. The molecule has 14 heteroatoms. The van der Waals surface area contributed by atoms with Gasteiger partial charge in [0.05, 0.1) is 54.0 Å². The summed E-state index contributed by atoms with van der Waals surface area (Å²) in [5.41, 5.74) is 1.92. The summed E-state index contributed by atoms with van der Waals surface area (Å²) in [7, 11) is 0. The molecular formula is C56H61N3O10S. The SMILES string of the molecule is C=CC(=O)OCCCCCCOc1ccc(C(=O)Oc2cc(C=NN(CCCCCC)c3nc4ccccc4s3)c(OC(=O)c3ccc(OCCCCCCOC(=O)C=C)cc3)c3ccccc23)cc1. The first kappa shape index (κ1) is 52.1. The molecule has 0 aliphatic carbocycles. The number of ether oxygens (including phenoxy) is 6. The molecule has 0 bridgehead atoms. The Balaban J connectivity index is 1.19. The number of rotatable bonds is 30. The van der Waals surface area contributed by atoms with Gasteiger partial charge in [-0.15, -0.1) is 0 Å². The molecule has 0 saturated heterocycles. The molecule has 0 N–H and O–H groups in total. The van der Waals surface area contributed by atoms with E-state index in [0.29, 0.717) is 71.9 Å². The van der Waals surface area contributed by atoms with Crippen molar-refractivity contribution in [3.8, 4) is 23.0 Å². The number of unbranched alkanes of at least 4 members (excludes halogenated alkanes) is 9. The Hall–Kier alpha value is -7.32. The molecule has 70 heavy (non-hydrogen) atoms. The fraction of sp³-hybridized carbons (Fsp3) is 0.321. The number of benzene rings is 5. The number of hydrogen-bond acceptors (Lipinski definition) is 14. The van der Waals surface area contributed by atoms with E-state index in [-0.39, 0.29) is 11.5 Å². The highest BCUT2D eigenvalue weighted by atomic mass is 32.1. The molecule has 0 spiro atoms. The fourth-order valence-electron chi connectivity index (χ4n) is 7.27. The molecule has 0 aliphatic heterocycles. The lowest BCUT2D eigenvalue weighted by atomic mass is 10.0. The van der Waals surface area contributed by atoms with Crippen LogP contribution in [0.2, 0.25) is 0 Å². The van der Waals surface area contributed by atoms with Crippen LogP contribution in [0.5, 0.6) is 23.0 Å². The molecule has 0 radical (unpaired) electrons. The summed E-state index contributed by atoms with van der Waals surface area (Å²) < 4.78 is 35.3. The number of anilines is 1. The predicted molar refractivity (Wildman–Crippen MR) is 276 cm³/mol. The molecule has 0 amide bonds. The van der Waals surface area contributed by atoms with Crippen molar-refractivity contribution >= 4 is 67.5 Å². The fourth-order valence-corrected chi connectivity index (χ4v) is 8.22. The van der Waals surface area contributed by atoms with Gasteiger partial charge in [0.25, 0.3) is 0 Å². The molecule has 6 rings (SSSR count). The minimum absolute atomic E-state index is 0.247. The van der Waals surface area contributed by atoms with Crippen LogP contribution < -0.4 is 24.0 Å². The summed E-state index contributed by atoms with van der Waals surface area (Å²) in [6.45, 7) is 11.3. The molecular weight excluding hydrogens is 907 g/mol. The number of aromatic nitrogens is 1. The van der Waals surface area contributed by atoms with Gasteiger partial charge in [0.15, 0.2) is 0 Å². The summed E-state index contributed by atoms with van der Waals surface area (Å²) in [5.74, 6) is -0.264. The van der Waals surface area contributed by atoms with Gasteiger partial charge in [0, 0.05) is 35.0 Å². The minimum atomic E-state index is -0.593. The lowest BCUT2D eigenvalue weighted by Crippen LogP contribution is -2.18. The second kappa shape index (κ2) is 28.2. The Labute approximate surface area is 413 Å².